The molecule has 0 atom stereocenters. The van der Waals surface area contributed by atoms with E-state index in [1.54, 1.807) is 0 Å². The summed E-state index contributed by atoms with van der Waals surface area (Å²) in [4.78, 5) is 3.55. The fourth-order valence-corrected chi connectivity index (χ4v) is 3.82. The van der Waals surface area contributed by atoms with Crippen molar-refractivity contribution < 1.29 is 0 Å². The Kier molecular flexibility index (Phi) is 8.78. The Bertz CT molecular complexity index is 918. The highest BCUT2D eigenvalue weighted by Gasteiger charge is 2.15. The fraction of sp³-hybridized carbons (Fsp3) is 0.360. The molecule has 0 N–H and O–H groups in total. The molecule has 0 radical (unpaired) electrons. The third kappa shape index (κ3) is 5.86. The second-order valence-electron chi connectivity index (χ2n) is 7.25. The number of allylic oxidation sites excluding steroid dienone is 1. The van der Waals surface area contributed by atoms with E-state index in [0.29, 0.717) is 23.0 Å². The van der Waals surface area contributed by atoms with Gasteiger partial charge in [0.15, 0.2) is 0 Å². The normalized spacial score (nSPS) is 11.2. The number of halogens is 2. The molecule has 2 rings (SSSR count). The summed E-state index contributed by atoms with van der Waals surface area (Å²) in [7, 11) is 0. The Labute approximate surface area is 184 Å². The molecule has 0 spiro atoms. The lowest BCUT2D eigenvalue weighted by atomic mass is 9.91. The van der Waals surface area contributed by atoms with E-state index in [-0.39, 0.29) is 0 Å². The van der Waals surface area contributed by atoms with E-state index in [4.69, 9.17) is 29.8 Å². The van der Waals surface area contributed by atoms with Gasteiger partial charge in [-0.1, -0.05) is 49.0 Å². The van der Waals surface area contributed by atoms with Gasteiger partial charge in [-0.15, -0.1) is 0 Å². The molecule has 0 saturated heterocycles. The summed E-state index contributed by atoms with van der Waals surface area (Å²) in [6.07, 6.45) is 6.95. The molecule has 150 valence electrons. The average Bonchev–Trinajstić information content (AvgIpc) is 2.69. The Balaban J connectivity index is 2.64. The number of unbranched alkanes of at least 4 members (excludes halogenated alkanes) is 3. The lowest BCUT2D eigenvalue weighted by Gasteiger charge is -2.15. The minimum absolute atomic E-state index is 0.302. The van der Waals surface area contributed by atoms with Gasteiger partial charge >= 0.3 is 0 Å². The number of rotatable bonds is 8. The van der Waals surface area contributed by atoms with Gasteiger partial charge in [0, 0.05) is 15.6 Å². The summed E-state index contributed by atoms with van der Waals surface area (Å²) in [6.45, 7) is 13.6. The van der Waals surface area contributed by atoms with Crippen molar-refractivity contribution in [2.45, 2.75) is 59.4 Å². The molecule has 0 saturated carbocycles. The third-order valence-corrected chi connectivity index (χ3v) is 5.99. The Morgan fingerprint density at radius 3 is 2.17 bits per heavy atom. The van der Waals surface area contributed by atoms with Gasteiger partial charge in [0.1, 0.15) is 0 Å². The van der Waals surface area contributed by atoms with Crippen LogP contribution in [-0.2, 0) is 13.0 Å². The zero-order valence-electron chi connectivity index (χ0n) is 17.3. The van der Waals surface area contributed by atoms with E-state index < -0.39 is 0 Å². The summed E-state index contributed by atoms with van der Waals surface area (Å²) in [5, 5.41) is 10.5. The maximum atomic E-state index is 9.19. The molecule has 0 unspecified atom stereocenters. The third-order valence-electron chi connectivity index (χ3n) is 5.20. The van der Waals surface area contributed by atoms with Crippen LogP contribution in [0.5, 0.6) is 0 Å². The van der Waals surface area contributed by atoms with E-state index in [1.807, 2.05) is 26.0 Å². The first kappa shape index (κ1) is 23.0. The highest BCUT2D eigenvalue weighted by atomic mass is 35.5. The molecule has 0 aliphatic carbocycles. The van der Waals surface area contributed by atoms with Gasteiger partial charge in [-0.25, -0.2) is 6.57 Å². The molecule has 0 amide bonds. The van der Waals surface area contributed by atoms with Crippen molar-refractivity contribution in [3.8, 4) is 6.07 Å². The van der Waals surface area contributed by atoms with Crippen molar-refractivity contribution in [1.82, 2.24) is 0 Å². The molecule has 2 nitrogen and oxygen atoms in total. The summed E-state index contributed by atoms with van der Waals surface area (Å²) >= 11 is 13.0. The molecule has 0 bridgehead atoms. The zero-order chi connectivity index (χ0) is 21.4. The van der Waals surface area contributed by atoms with Gasteiger partial charge in [0.25, 0.3) is 0 Å². The van der Waals surface area contributed by atoms with E-state index in [1.165, 1.54) is 6.42 Å². The first-order chi connectivity index (χ1) is 13.9. The zero-order valence-corrected chi connectivity index (χ0v) is 18.8. The summed E-state index contributed by atoms with van der Waals surface area (Å²) in [5.41, 5.74) is 6.79. The molecule has 0 fully saturated rings. The monoisotopic (exact) mass is 424 g/mol. The van der Waals surface area contributed by atoms with Gasteiger partial charge in [0.2, 0.25) is 6.54 Å². The predicted molar refractivity (Wildman–Crippen MR) is 123 cm³/mol. The maximum Gasteiger partial charge on any atom is 0.240 e. The maximum absolute atomic E-state index is 9.19. The molecular weight excluding hydrogens is 399 g/mol. The topological polar surface area (TPSA) is 28.1 Å². The molecule has 2 aromatic carbocycles. The quantitative estimate of drug-likeness (QED) is 0.310. The number of nitriles is 1. The Hall–Kier alpha value is -2.26. The molecule has 4 heteroatoms. The van der Waals surface area contributed by atoms with Crippen molar-refractivity contribution in [2.75, 3.05) is 0 Å². The van der Waals surface area contributed by atoms with E-state index in [9.17, 15) is 5.26 Å². The van der Waals surface area contributed by atoms with E-state index in [0.717, 1.165) is 58.2 Å². The van der Waals surface area contributed by atoms with Crippen LogP contribution in [0.4, 0.5) is 0 Å². The van der Waals surface area contributed by atoms with Gasteiger partial charge in [-0.2, -0.15) is 5.26 Å². The van der Waals surface area contributed by atoms with E-state index >= 15 is 0 Å². The number of benzene rings is 2. The minimum Gasteiger partial charge on any atom is -0.312 e. The largest absolute Gasteiger partial charge is 0.312 e. The van der Waals surface area contributed by atoms with Crippen LogP contribution in [0, 0.1) is 31.8 Å². The van der Waals surface area contributed by atoms with Crippen LogP contribution < -0.4 is 0 Å². The average molecular weight is 425 g/mol. The molecule has 2 aromatic rings. The van der Waals surface area contributed by atoms with Crippen molar-refractivity contribution in [2.24, 2.45) is 0 Å². The summed E-state index contributed by atoms with van der Waals surface area (Å²) < 4.78 is 0. The summed E-state index contributed by atoms with van der Waals surface area (Å²) in [6, 6.07) is 10.3. The van der Waals surface area contributed by atoms with Crippen LogP contribution in [0.3, 0.4) is 0 Å². The van der Waals surface area contributed by atoms with Crippen molar-refractivity contribution in [3.63, 3.8) is 0 Å². The van der Waals surface area contributed by atoms with Crippen molar-refractivity contribution in [3.05, 3.63) is 85.2 Å². The summed E-state index contributed by atoms with van der Waals surface area (Å²) in [5.74, 6) is 0. The Morgan fingerprint density at radius 1 is 1.03 bits per heavy atom. The van der Waals surface area contributed by atoms with Gasteiger partial charge < -0.3 is 4.85 Å². The number of hydrogen-bond acceptors (Lipinski definition) is 1. The lowest BCUT2D eigenvalue weighted by Crippen LogP contribution is -1.97. The lowest BCUT2D eigenvalue weighted by molar-refractivity contribution is 0.729. The molecule has 29 heavy (non-hydrogen) atoms. The van der Waals surface area contributed by atoms with Crippen LogP contribution in [-0.4, -0.2) is 0 Å². The number of nitrogens with zero attached hydrogens (tertiary/aromatic N) is 2. The first-order valence-corrected chi connectivity index (χ1v) is 10.7. The van der Waals surface area contributed by atoms with Gasteiger partial charge in [-0.05, 0) is 84.3 Å². The minimum atomic E-state index is 0.302. The smallest absolute Gasteiger partial charge is 0.240 e. The highest BCUT2D eigenvalue weighted by Crippen LogP contribution is 2.34. The van der Waals surface area contributed by atoms with E-state index in [2.05, 4.69) is 36.0 Å². The fourth-order valence-electron chi connectivity index (χ4n) is 3.34. The second kappa shape index (κ2) is 11.1. The van der Waals surface area contributed by atoms with Crippen LogP contribution in [0.1, 0.15) is 66.0 Å². The SMILES string of the molecule is [C-]#[N+]Cc1cc(/C(=C/CCCCC)c2cc(Cl)c(C)c(CC#N)c2)cc(Cl)c1C. The highest BCUT2D eigenvalue weighted by molar-refractivity contribution is 6.32. The van der Waals surface area contributed by atoms with Crippen molar-refractivity contribution in [1.29, 1.82) is 5.26 Å². The van der Waals surface area contributed by atoms with Crippen LogP contribution in [0.25, 0.3) is 10.4 Å². The van der Waals surface area contributed by atoms with Crippen molar-refractivity contribution >= 4 is 28.8 Å². The second-order valence-corrected chi connectivity index (χ2v) is 8.06. The Morgan fingerprint density at radius 2 is 1.62 bits per heavy atom. The van der Waals surface area contributed by atoms with Crippen LogP contribution >= 0.6 is 23.2 Å². The van der Waals surface area contributed by atoms with Gasteiger partial charge in [-0.3, -0.25) is 0 Å². The molecule has 0 heterocycles. The molecular formula is C25H26Cl2N2. The van der Waals surface area contributed by atoms with Crippen LogP contribution in [0.2, 0.25) is 10.0 Å². The molecule has 0 aliphatic rings. The molecule has 0 aliphatic heterocycles. The first-order valence-electron chi connectivity index (χ1n) is 9.92. The number of hydrogen-bond donors (Lipinski definition) is 0. The standard InChI is InChI=1S/C25H26Cl2N2/c1-5-6-7-8-9-23(20-12-19(10-11-28)17(2)24(26)14-20)21-13-22(16-29-4)18(3)25(27)15-21/h9,12-15H,5-8,10,16H2,1-3H3/b23-9+. The molecule has 0 aromatic heterocycles. The van der Waals surface area contributed by atoms with Gasteiger partial charge in [0.05, 0.1) is 12.5 Å². The predicted octanol–water partition coefficient (Wildman–Crippen LogP) is 8.11. The van der Waals surface area contributed by atoms with Crippen LogP contribution in [0.15, 0.2) is 30.3 Å².